The second kappa shape index (κ2) is 8.03. The summed E-state index contributed by atoms with van der Waals surface area (Å²) in [5, 5.41) is 0. The van der Waals surface area contributed by atoms with Gasteiger partial charge in [0.1, 0.15) is 11.6 Å². The van der Waals surface area contributed by atoms with Gasteiger partial charge >= 0.3 is 20.4 Å². The van der Waals surface area contributed by atoms with Crippen LogP contribution in [0.4, 0.5) is 17.6 Å². The minimum atomic E-state index is -1.53. The van der Waals surface area contributed by atoms with E-state index >= 15 is 0 Å². The molecule has 0 saturated carbocycles. The van der Waals surface area contributed by atoms with Crippen LogP contribution in [0.5, 0.6) is 0 Å². The Kier molecular flexibility index (Phi) is 9.22. The van der Waals surface area contributed by atoms with E-state index in [0.29, 0.717) is 0 Å². The molecule has 0 aliphatic heterocycles. The summed E-state index contributed by atoms with van der Waals surface area (Å²) in [4.78, 5) is -1.05. The molecule has 0 aromatic heterocycles. The molecule has 88 valence electrons. The van der Waals surface area contributed by atoms with Crippen LogP contribution in [0.2, 0.25) is 0 Å². The molecular formula is C9H9F4PdS+. The fraction of sp³-hybridized carbons (Fsp3) is 0.333. The summed E-state index contributed by atoms with van der Waals surface area (Å²) in [6.45, 7) is 4.25. The summed E-state index contributed by atoms with van der Waals surface area (Å²) in [7, 11) is 0. The van der Waals surface area contributed by atoms with Gasteiger partial charge < -0.3 is 12.6 Å². The summed E-state index contributed by atoms with van der Waals surface area (Å²) in [6, 6.07) is 0.112. The van der Waals surface area contributed by atoms with Gasteiger partial charge in [-0.15, -0.1) is 0 Å². The molecule has 1 aromatic carbocycles. The maximum atomic E-state index is 12.3. The van der Waals surface area contributed by atoms with Crippen LogP contribution in [0.15, 0.2) is 11.0 Å². The number of rotatable bonds is 0. The Morgan fingerprint density at radius 1 is 1.00 bits per heavy atom. The van der Waals surface area contributed by atoms with Gasteiger partial charge in [0.25, 0.3) is 0 Å². The van der Waals surface area contributed by atoms with E-state index in [1.807, 2.05) is 0 Å². The van der Waals surface area contributed by atoms with Crippen LogP contribution in [0.25, 0.3) is 0 Å². The molecule has 0 saturated heterocycles. The molecule has 0 amide bonds. The first-order chi connectivity index (χ1) is 6.45. The van der Waals surface area contributed by atoms with Gasteiger partial charge in [-0.05, 0) is 0 Å². The first-order valence-electron chi connectivity index (χ1n) is 3.95. The largest absolute Gasteiger partial charge is 2.00 e. The van der Waals surface area contributed by atoms with Crippen molar-refractivity contribution in [3.8, 4) is 0 Å². The van der Waals surface area contributed by atoms with E-state index < -0.39 is 28.2 Å². The number of benzene rings is 1. The van der Waals surface area contributed by atoms with E-state index in [1.165, 1.54) is 6.42 Å². The van der Waals surface area contributed by atoms with E-state index in [0.717, 1.165) is 0 Å². The number of hydrogen-bond acceptors (Lipinski definition) is 1. The molecule has 1 aromatic rings. The van der Waals surface area contributed by atoms with Crippen LogP contribution in [-0.2, 0) is 33.1 Å². The fourth-order valence-electron chi connectivity index (χ4n) is 0.551. The van der Waals surface area contributed by atoms with Gasteiger partial charge in [0.15, 0.2) is 11.6 Å². The standard InChI is InChI=1S/C6H2F4S.C3H8.Pd/c7-2-1-3(8)5(10)6(11)4(2)9;1-3-2;/h1,11H;3H2,1-2H3;/q;;+2/p-1. The maximum Gasteiger partial charge on any atom is 2.00 e. The predicted octanol–water partition coefficient (Wildman–Crippen LogP) is 3.56. The second-order valence-electron chi connectivity index (χ2n) is 2.50. The van der Waals surface area contributed by atoms with E-state index in [1.54, 1.807) is 0 Å². The molecule has 0 N–H and O–H groups in total. The minimum absolute atomic E-state index is 0. The van der Waals surface area contributed by atoms with Gasteiger partial charge in [0.05, 0.1) is 0 Å². The summed E-state index contributed by atoms with van der Waals surface area (Å²) in [5.41, 5.74) is 0. The molecule has 6 heteroatoms. The molecule has 0 nitrogen and oxygen atoms in total. The normalized spacial score (nSPS) is 8.67. The van der Waals surface area contributed by atoms with E-state index in [4.69, 9.17) is 0 Å². The van der Waals surface area contributed by atoms with Crippen molar-refractivity contribution in [3.05, 3.63) is 29.3 Å². The molecule has 0 heterocycles. The Bertz CT molecular complexity index is 291. The summed E-state index contributed by atoms with van der Waals surface area (Å²) < 4.78 is 48.9. The van der Waals surface area contributed by atoms with Crippen molar-refractivity contribution < 1.29 is 38.0 Å². The Hall–Kier alpha value is -0.178. The zero-order valence-electron chi connectivity index (χ0n) is 8.02. The number of hydrogen-bond donors (Lipinski definition) is 0. The van der Waals surface area contributed by atoms with Crippen LogP contribution >= 0.6 is 0 Å². The first kappa shape index (κ1) is 17.2. The Morgan fingerprint density at radius 2 is 1.27 bits per heavy atom. The summed E-state index contributed by atoms with van der Waals surface area (Å²) in [5.74, 6) is -6.01. The molecule has 15 heavy (non-hydrogen) atoms. The van der Waals surface area contributed by atoms with E-state index in [2.05, 4.69) is 26.5 Å². The van der Waals surface area contributed by atoms with Crippen LogP contribution in [0.1, 0.15) is 20.3 Å². The molecule has 0 bridgehead atoms. The van der Waals surface area contributed by atoms with Crippen molar-refractivity contribution in [1.29, 1.82) is 0 Å². The third-order valence-electron chi connectivity index (χ3n) is 1.07. The average Bonchev–Trinajstić information content (AvgIpc) is 2.13. The Morgan fingerprint density at radius 3 is 1.53 bits per heavy atom. The predicted molar refractivity (Wildman–Crippen MR) is 47.9 cm³/mol. The van der Waals surface area contributed by atoms with Crippen LogP contribution in [0.3, 0.4) is 0 Å². The average molecular weight is 332 g/mol. The zero-order valence-corrected chi connectivity index (χ0v) is 10.4. The molecule has 0 atom stereocenters. The SMILES string of the molecule is CCC.Fc1cc(F)c(F)c([S-])c1F.[Pd+2]. The molecule has 0 fully saturated rings. The molecule has 0 unspecified atom stereocenters. The molecule has 0 aliphatic rings. The quantitative estimate of drug-likeness (QED) is 0.303. The van der Waals surface area contributed by atoms with Gasteiger partial charge in [0.2, 0.25) is 0 Å². The van der Waals surface area contributed by atoms with Crippen LogP contribution in [0, 0.1) is 23.3 Å². The molecular weight excluding hydrogens is 323 g/mol. The van der Waals surface area contributed by atoms with Crippen molar-refractivity contribution in [3.63, 3.8) is 0 Å². The fourth-order valence-corrected chi connectivity index (χ4v) is 0.746. The van der Waals surface area contributed by atoms with Crippen molar-refractivity contribution in [1.82, 2.24) is 0 Å². The Labute approximate surface area is 105 Å². The van der Waals surface area contributed by atoms with Crippen molar-refractivity contribution in [2.45, 2.75) is 25.2 Å². The van der Waals surface area contributed by atoms with Gasteiger partial charge in [-0.25, -0.2) is 17.6 Å². The van der Waals surface area contributed by atoms with Gasteiger partial charge in [0, 0.05) is 6.07 Å². The summed E-state index contributed by atoms with van der Waals surface area (Å²) in [6.07, 6.45) is 1.25. The monoisotopic (exact) mass is 331 g/mol. The van der Waals surface area contributed by atoms with Crippen molar-refractivity contribution in [2.75, 3.05) is 0 Å². The molecule has 0 radical (unpaired) electrons. The number of halogens is 4. The molecule has 1 rings (SSSR count). The third kappa shape index (κ3) is 4.92. The minimum Gasteiger partial charge on any atom is -0.774 e. The van der Waals surface area contributed by atoms with E-state index in [-0.39, 0.29) is 26.5 Å². The third-order valence-corrected chi connectivity index (χ3v) is 1.43. The van der Waals surface area contributed by atoms with Crippen LogP contribution < -0.4 is 0 Å². The van der Waals surface area contributed by atoms with Crippen LogP contribution in [-0.4, -0.2) is 0 Å². The Balaban J connectivity index is 0. The molecule has 0 aliphatic carbocycles. The zero-order chi connectivity index (χ0) is 11.3. The summed E-state index contributed by atoms with van der Waals surface area (Å²) >= 11 is 4.04. The van der Waals surface area contributed by atoms with Crippen molar-refractivity contribution in [2.24, 2.45) is 0 Å². The maximum absolute atomic E-state index is 12.3. The topological polar surface area (TPSA) is 0 Å². The second-order valence-corrected chi connectivity index (χ2v) is 2.91. The smallest absolute Gasteiger partial charge is 0.774 e. The van der Waals surface area contributed by atoms with Gasteiger partial charge in [-0.1, -0.05) is 25.2 Å². The van der Waals surface area contributed by atoms with Crippen molar-refractivity contribution >= 4 is 12.6 Å². The van der Waals surface area contributed by atoms with Gasteiger partial charge in [-0.2, -0.15) is 0 Å². The first-order valence-corrected chi connectivity index (χ1v) is 4.36. The van der Waals surface area contributed by atoms with Gasteiger partial charge in [-0.3, -0.25) is 0 Å². The van der Waals surface area contributed by atoms with E-state index in [9.17, 15) is 17.6 Å². The molecule has 0 spiro atoms.